The normalized spacial score (nSPS) is 16.7. The summed E-state index contributed by atoms with van der Waals surface area (Å²) in [5, 5.41) is 18.7. The van der Waals surface area contributed by atoms with E-state index in [1.54, 1.807) is 13.3 Å². The van der Waals surface area contributed by atoms with Crippen molar-refractivity contribution < 1.29 is 9.84 Å². The number of ether oxygens (including phenoxy) is 1. The van der Waals surface area contributed by atoms with Crippen molar-refractivity contribution in [3.63, 3.8) is 0 Å². The van der Waals surface area contributed by atoms with Crippen LogP contribution in [0, 0.1) is 0 Å². The largest absolute Gasteiger partial charge is 0.384 e. The number of aliphatic hydroxyl groups is 1. The van der Waals surface area contributed by atoms with Gasteiger partial charge in [-0.3, -0.25) is 4.68 Å². The van der Waals surface area contributed by atoms with Crippen molar-refractivity contribution in [1.29, 1.82) is 0 Å². The lowest BCUT2D eigenvalue weighted by Crippen LogP contribution is -2.32. The SMILES string of the molecule is COCCn1cc(CNc2ncc(C3(O)CCC3)s2)cn1. The highest BCUT2D eigenvalue weighted by Gasteiger charge is 2.37. The Bertz CT molecular complexity index is 591. The van der Waals surface area contributed by atoms with E-state index in [1.807, 2.05) is 17.1 Å². The van der Waals surface area contributed by atoms with Gasteiger partial charge in [-0.25, -0.2) is 4.98 Å². The minimum atomic E-state index is -0.622. The lowest BCUT2D eigenvalue weighted by Gasteiger charge is -2.35. The standard InChI is InChI=1S/C14H20N4O2S/c1-20-6-5-18-10-11(8-17-18)7-15-13-16-9-12(21-13)14(19)3-2-4-14/h8-10,19H,2-7H2,1H3,(H,15,16). The number of anilines is 1. The van der Waals surface area contributed by atoms with Gasteiger partial charge < -0.3 is 15.2 Å². The van der Waals surface area contributed by atoms with E-state index in [0.717, 1.165) is 41.4 Å². The molecule has 2 aromatic rings. The molecule has 0 spiro atoms. The van der Waals surface area contributed by atoms with Crippen LogP contribution in [0.5, 0.6) is 0 Å². The molecule has 1 aliphatic rings. The Morgan fingerprint density at radius 1 is 1.48 bits per heavy atom. The van der Waals surface area contributed by atoms with Crippen LogP contribution in [0.25, 0.3) is 0 Å². The fourth-order valence-corrected chi connectivity index (χ4v) is 3.27. The third-order valence-corrected chi connectivity index (χ3v) is 4.95. The zero-order valence-electron chi connectivity index (χ0n) is 12.1. The van der Waals surface area contributed by atoms with E-state index < -0.39 is 5.60 Å². The van der Waals surface area contributed by atoms with E-state index in [9.17, 15) is 5.11 Å². The third-order valence-electron chi connectivity index (χ3n) is 3.80. The van der Waals surface area contributed by atoms with Crippen molar-refractivity contribution in [3.05, 3.63) is 29.0 Å². The molecule has 0 atom stereocenters. The number of nitrogens with one attached hydrogen (secondary N) is 1. The molecule has 1 saturated carbocycles. The van der Waals surface area contributed by atoms with Gasteiger partial charge in [-0.15, -0.1) is 0 Å². The lowest BCUT2D eigenvalue weighted by molar-refractivity contribution is -0.0356. The second-order valence-electron chi connectivity index (χ2n) is 5.37. The molecule has 0 bridgehead atoms. The Labute approximate surface area is 127 Å². The predicted octanol–water partition coefficient (Wildman–Crippen LogP) is 1.97. The molecule has 0 aliphatic heterocycles. The summed E-state index contributed by atoms with van der Waals surface area (Å²) in [6.45, 7) is 2.09. The zero-order chi connectivity index (χ0) is 14.7. The number of aromatic nitrogens is 3. The molecule has 114 valence electrons. The fraction of sp³-hybridized carbons (Fsp3) is 0.571. The molecule has 3 rings (SSSR count). The first-order valence-corrected chi connectivity index (χ1v) is 7.94. The molecule has 7 heteroatoms. The molecule has 2 heterocycles. The van der Waals surface area contributed by atoms with Gasteiger partial charge in [0.2, 0.25) is 0 Å². The second-order valence-corrected chi connectivity index (χ2v) is 6.40. The summed E-state index contributed by atoms with van der Waals surface area (Å²) in [5.74, 6) is 0. The Kier molecular flexibility index (Phi) is 4.23. The van der Waals surface area contributed by atoms with E-state index in [1.165, 1.54) is 11.3 Å². The van der Waals surface area contributed by atoms with Crippen LogP contribution in [0.3, 0.4) is 0 Å². The first-order valence-electron chi connectivity index (χ1n) is 7.12. The molecule has 0 unspecified atom stereocenters. The maximum atomic E-state index is 10.3. The smallest absolute Gasteiger partial charge is 0.183 e. The summed E-state index contributed by atoms with van der Waals surface area (Å²) in [7, 11) is 1.68. The van der Waals surface area contributed by atoms with Crippen LogP contribution in [-0.2, 0) is 23.4 Å². The van der Waals surface area contributed by atoms with Crippen LogP contribution >= 0.6 is 11.3 Å². The topological polar surface area (TPSA) is 72.2 Å². The van der Waals surface area contributed by atoms with E-state index in [0.29, 0.717) is 13.2 Å². The molecule has 0 saturated heterocycles. The predicted molar refractivity (Wildman–Crippen MR) is 81.3 cm³/mol. The molecule has 0 radical (unpaired) electrons. The van der Waals surface area contributed by atoms with Crippen LogP contribution in [0.1, 0.15) is 29.7 Å². The maximum absolute atomic E-state index is 10.3. The van der Waals surface area contributed by atoms with E-state index in [-0.39, 0.29) is 0 Å². The van der Waals surface area contributed by atoms with Crippen LogP contribution < -0.4 is 5.32 Å². The number of hydrogen-bond donors (Lipinski definition) is 2. The summed E-state index contributed by atoms with van der Waals surface area (Å²) < 4.78 is 6.89. The Morgan fingerprint density at radius 2 is 2.33 bits per heavy atom. The minimum absolute atomic E-state index is 0.622. The average molecular weight is 308 g/mol. The Hall–Kier alpha value is -1.44. The minimum Gasteiger partial charge on any atom is -0.384 e. The lowest BCUT2D eigenvalue weighted by atomic mass is 9.79. The molecule has 2 aromatic heterocycles. The molecule has 21 heavy (non-hydrogen) atoms. The Balaban J connectivity index is 1.54. The highest BCUT2D eigenvalue weighted by Crippen LogP contribution is 2.44. The molecule has 1 fully saturated rings. The first kappa shape index (κ1) is 14.5. The number of hydrogen-bond acceptors (Lipinski definition) is 6. The zero-order valence-corrected chi connectivity index (χ0v) is 12.9. The van der Waals surface area contributed by atoms with Crippen LogP contribution in [-0.4, -0.2) is 33.6 Å². The van der Waals surface area contributed by atoms with Crippen molar-refractivity contribution in [2.75, 3.05) is 19.0 Å². The number of methoxy groups -OCH3 is 1. The van der Waals surface area contributed by atoms with Crippen molar-refractivity contribution in [2.24, 2.45) is 0 Å². The van der Waals surface area contributed by atoms with Gasteiger partial charge in [0.15, 0.2) is 5.13 Å². The Morgan fingerprint density at radius 3 is 3.05 bits per heavy atom. The monoisotopic (exact) mass is 308 g/mol. The molecule has 2 N–H and O–H groups in total. The maximum Gasteiger partial charge on any atom is 0.183 e. The first-order chi connectivity index (χ1) is 10.2. The molecule has 0 aromatic carbocycles. The second kappa shape index (κ2) is 6.13. The van der Waals surface area contributed by atoms with Gasteiger partial charge in [0.25, 0.3) is 0 Å². The van der Waals surface area contributed by atoms with Gasteiger partial charge in [-0.05, 0) is 19.3 Å². The van der Waals surface area contributed by atoms with Crippen molar-refractivity contribution in [2.45, 2.75) is 38.0 Å². The van der Waals surface area contributed by atoms with Gasteiger partial charge in [0.05, 0.1) is 24.2 Å². The molecular formula is C14H20N4O2S. The third kappa shape index (κ3) is 3.25. The van der Waals surface area contributed by atoms with Crippen molar-refractivity contribution in [1.82, 2.24) is 14.8 Å². The van der Waals surface area contributed by atoms with Crippen molar-refractivity contribution in [3.8, 4) is 0 Å². The summed E-state index contributed by atoms with van der Waals surface area (Å²) in [6.07, 6.45) is 8.42. The van der Waals surface area contributed by atoms with Gasteiger partial charge in [-0.2, -0.15) is 5.10 Å². The van der Waals surface area contributed by atoms with Crippen LogP contribution in [0.2, 0.25) is 0 Å². The molecular weight excluding hydrogens is 288 g/mol. The highest BCUT2D eigenvalue weighted by molar-refractivity contribution is 7.15. The molecule has 6 nitrogen and oxygen atoms in total. The summed E-state index contributed by atoms with van der Waals surface area (Å²) in [6, 6.07) is 0. The van der Waals surface area contributed by atoms with Gasteiger partial charge in [-0.1, -0.05) is 11.3 Å². The van der Waals surface area contributed by atoms with Crippen LogP contribution in [0.4, 0.5) is 5.13 Å². The average Bonchev–Trinajstić information content (AvgIpc) is 3.09. The summed E-state index contributed by atoms with van der Waals surface area (Å²) in [5.41, 5.74) is 0.480. The molecule has 0 amide bonds. The van der Waals surface area contributed by atoms with Gasteiger partial charge in [0, 0.05) is 31.6 Å². The quantitative estimate of drug-likeness (QED) is 0.818. The van der Waals surface area contributed by atoms with E-state index >= 15 is 0 Å². The van der Waals surface area contributed by atoms with Crippen molar-refractivity contribution >= 4 is 16.5 Å². The molecule has 1 aliphatic carbocycles. The van der Waals surface area contributed by atoms with Gasteiger partial charge >= 0.3 is 0 Å². The number of rotatable bonds is 7. The fourth-order valence-electron chi connectivity index (χ4n) is 2.31. The summed E-state index contributed by atoms with van der Waals surface area (Å²) in [4.78, 5) is 5.30. The van der Waals surface area contributed by atoms with Gasteiger partial charge in [0.1, 0.15) is 5.60 Å². The number of thiazole rings is 1. The van der Waals surface area contributed by atoms with Crippen LogP contribution in [0.15, 0.2) is 18.6 Å². The summed E-state index contributed by atoms with van der Waals surface area (Å²) >= 11 is 1.54. The van der Waals surface area contributed by atoms with E-state index in [2.05, 4.69) is 15.4 Å². The van der Waals surface area contributed by atoms with E-state index in [4.69, 9.17) is 4.74 Å². The highest BCUT2D eigenvalue weighted by atomic mass is 32.1. The number of nitrogens with zero attached hydrogens (tertiary/aromatic N) is 3.